The number of likely N-dealkylation sites (N-methyl/N-ethyl adjacent to an activating group) is 1. The number of rotatable bonds is 6. The number of carbonyl (C=O) groups excluding carboxylic acids is 1. The van der Waals surface area contributed by atoms with Gasteiger partial charge in [0.25, 0.3) is 0 Å². The van der Waals surface area contributed by atoms with Crippen LogP contribution in [0.3, 0.4) is 0 Å². The fourth-order valence-corrected chi connectivity index (χ4v) is 3.19. The van der Waals surface area contributed by atoms with E-state index < -0.39 is 0 Å². The molecule has 1 atom stereocenters. The Bertz CT molecular complexity index is 451. The van der Waals surface area contributed by atoms with Crippen molar-refractivity contribution in [3.8, 4) is 0 Å². The second-order valence-corrected chi connectivity index (χ2v) is 6.22. The lowest BCUT2D eigenvalue weighted by molar-refractivity contribution is -0.119. The number of thiazole rings is 1. The summed E-state index contributed by atoms with van der Waals surface area (Å²) >= 11 is 1.70. The van der Waals surface area contributed by atoms with Crippen molar-refractivity contribution < 1.29 is 9.53 Å². The minimum Gasteiger partial charge on any atom is -0.374 e. The molecule has 0 saturated carbocycles. The molecule has 1 aliphatic heterocycles. The first-order valence-electron chi connectivity index (χ1n) is 6.74. The van der Waals surface area contributed by atoms with Crippen molar-refractivity contribution in [3.05, 3.63) is 16.1 Å². The highest BCUT2D eigenvalue weighted by molar-refractivity contribution is 7.09. The minimum absolute atomic E-state index is 0.120. The summed E-state index contributed by atoms with van der Waals surface area (Å²) in [6.07, 6.45) is 0.120. The zero-order chi connectivity index (χ0) is 14.5. The molecule has 0 spiro atoms. The molecule has 1 aromatic heterocycles. The normalized spacial score (nSPS) is 20.4. The minimum atomic E-state index is -0.307. The number of aromatic nitrogens is 1. The average molecular weight is 298 g/mol. The molecule has 112 valence electrons. The molecule has 6 nitrogen and oxygen atoms in total. The molecule has 1 fully saturated rings. The third-order valence-electron chi connectivity index (χ3n) is 3.19. The molecule has 1 saturated heterocycles. The predicted octanol–water partition coefficient (Wildman–Crippen LogP) is 0.0694. The van der Waals surface area contributed by atoms with Gasteiger partial charge in [-0.2, -0.15) is 0 Å². The van der Waals surface area contributed by atoms with E-state index in [-0.39, 0.29) is 18.6 Å². The number of nitrogens with zero attached hydrogens (tertiary/aromatic N) is 3. The molecule has 1 aromatic rings. The quantitative estimate of drug-likeness (QED) is 0.805. The van der Waals surface area contributed by atoms with E-state index in [2.05, 4.69) is 15.3 Å². The third kappa shape index (κ3) is 4.82. The monoisotopic (exact) mass is 298 g/mol. The van der Waals surface area contributed by atoms with E-state index >= 15 is 0 Å². The van der Waals surface area contributed by atoms with Gasteiger partial charge in [0.1, 0.15) is 5.01 Å². The van der Waals surface area contributed by atoms with Crippen LogP contribution in [0.1, 0.15) is 10.7 Å². The lowest BCUT2D eigenvalue weighted by Crippen LogP contribution is -2.47. The second-order valence-electron chi connectivity index (χ2n) is 5.27. The Labute approximate surface area is 123 Å². The summed E-state index contributed by atoms with van der Waals surface area (Å²) in [6.45, 7) is 6.39. The van der Waals surface area contributed by atoms with E-state index in [1.54, 1.807) is 11.3 Å². The lowest BCUT2D eigenvalue weighted by atomic mass is 10.2. The Morgan fingerprint density at radius 3 is 3.15 bits per heavy atom. The van der Waals surface area contributed by atoms with Crippen LogP contribution in [0, 0.1) is 6.92 Å². The Balaban J connectivity index is 1.80. The number of carbonyl (C=O) groups is 1. The number of amides is 1. The first-order chi connectivity index (χ1) is 9.52. The molecular weight excluding hydrogens is 276 g/mol. The van der Waals surface area contributed by atoms with E-state index in [1.165, 1.54) is 0 Å². The summed E-state index contributed by atoms with van der Waals surface area (Å²) in [5.74, 6) is -0.307. The van der Waals surface area contributed by atoms with Gasteiger partial charge < -0.3 is 10.5 Å². The fraction of sp³-hybridized carbons (Fsp3) is 0.692. The molecule has 0 aliphatic carbocycles. The molecule has 1 aliphatic rings. The molecule has 7 heteroatoms. The van der Waals surface area contributed by atoms with Gasteiger partial charge in [-0.1, -0.05) is 0 Å². The molecule has 0 unspecified atom stereocenters. The molecule has 2 heterocycles. The number of aryl methyl sites for hydroxylation is 1. The maximum Gasteiger partial charge on any atom is 0.231 e. The van der Waals surface area contributed by atoms with Gasteiger partial charge >= 0.3 is 0 Å². The zero-order valence-corrected chi connectivity index (χ0v) is 12.9. The Hall–Kier alpha value is -1.02. The average Bonchev–Trinajstić information content (AvgIpc) is 2.74. The summed E-state index contributed by atoms with van der Waals surface area (Å²) in [5, 5.41) is 3.22. The summed E-state index contributed by atoms with van der Waals surface area (Å²) in [7, 11) is 1.89. The van der Waals surface area contributed by atoms with Crippen molar-refractivity contribution in [1.82, 2.24) is 14.8 Å². The zero-order valence-electron chi connectivity index (χ0n) is 12.0. The lowest BCUT2D eigenvalue weighted by Gasteiger charge is -2.34. The number of hydrogen-bond acceptors (Lipinski definition) is 6. The number of nitrogens with two attached hydrogens (primary N) is 1. The first kappa shape index (κ1) is 15.4. The molecular formula is C13H22N4O2S. The van der Waals surface area contributed by atoms with Gasteiger partial charge in [0.2, 0.25) is 5.91 Å². The van der Waals surface area contributed by atoms with Gasteiger partial charge in [0, 0.05) is 30.7 Å². The second kappa shape index (κ2) is 7.12. The van der Waals surface area contributed by atoms with E-state index in [4.69, 9.17) is 10.5 Å². The highest BCUT2D eigenvalue weighted by atomic mass is 32.1. The maximum absolute atomic E-state index is 10.9. The summed E-state index contributed by atoms with van der Waals surface area (Å²) in [6, 6.07) is 0. The number of ether oxygens (including phenoxy) is 1. The van der Waals surface area contributed by atoms with Gasteiger partial charge in [-0.05, 0) is 14.0 Å². The largest absolute Gasteiger partial charge is 0.374 e. The first-order valence-corrected chi connectivity index (χ1v) is 7.62. The molecule has 2 rings (SSSR count). The summed E-state index contributed by atoms with van der Waals surface area (Å²) in [5.41, 5.74) is 6.27. The van der Waals surface area contributed by atoms with Crippen molar-refractivity contribution in [2.75, 3.05) is 39.8 Å². The third-order valence-corrected chi connectivity index (χ3v) is 4.14. The van der Waals surface area contributed by atoms with Crippen LogP contribution < -0.4 is 5.73 Å². The Kier molecular flexibility index (Phi) is 5.47. The van der Waals surface area contributed by atoms with Crippen LogP contribution in [-0.2, 0) is 16.1 Å². The van der Waals surface area contributed by atoms with Gasteiger partial charge in [0.05, 0.1) is 25.8 Å². The van der Waals surface area contributed by atoms with Crippen molar-refractivity contribution >= 4 is 17.2 Å². The molecule has 0 radical (unpaired) electrons. The van der Waals surface area contributed by atoms with E-state index in [1.807, 2.05) is 18.9 Å². The number of primary amides is 1. The Morgan fingerprint density at radius 2 is 2.50 bits per heavy atom. The smallest absolute Gasteiger partial charge is 0.231 e. The predicted molar refractivity (Wildman–Crippen MR) is 78.6 cm³/mol. The van der Waals surface area contributed by atoms with Gasteiger partial charge in [-0.3, -0.25) is 14.6 Å². The van der Waals surface area contributed by atoms with Gasteiger partial charge in [0.15, 0.2) is 0 Å². The van der Waals surface area contributed by atoms with Crippen molar-refractivity contribution in [2.24, 2.45) is 5.73 Å². The highest BCUT2D eigenvalue weighted by Crippen LogP contribution is 2.14. The van der Waals surface area contributed by atoms with Crippen LogP contribution in [-0.4, -0.2) is 66.6 Å². The molecule has 2 N–H and O–H groups in total. The van der Waals surface area contributed by atoms with Crippen molar-refractivity contribution in [3.63, 3.8) is 0 Å². The van der Waals surface area contributed by atoms with Crippen LogP contribution in [0.15, 0.2) is 5.38 Å². The highest BCUT2D eigenvalue weighted by Gasteiger charge is 2.22. The number of hydrogen-bond donors (Lipinski definition) is 1. The standard InChI is InChI=1S/C13H22N4O2S/c1-10-9-20-13(15-10)8-17-3-4-19-11(6-17)5-16(2)7-12(14)18/h9,11H,3-8H2,1-2H3,(H2,14,18)/t11-/m0/s1. The molecule has 1 amide bonds. The van der Waals surface area contributed by atoms with Gasteiger partial charge in [-0.15, -0.1) is 11.3 Å². The van der Waals surface area contributed by atoms with Crippen LogP contribution >= 0.6 is 11.3 Å². The molecule has 0 aromatic carbocycles. The van der Waals surface area contributed by atoms with E-state index in [0.29, 0.717) is 0 Å². The SMILES string of the molecule is Cc1csc(CN2CCO[C@@H](CN(C)CC(N)=O)C2)n1. The number of morpholine rings is 1. The van der Waals surface area contributed by atoms with Crippen LogP contribution in [0.25, 0.3) is 0 Å². The van der Waals surface area contributed by atoms with Crippen LogP contribution in [0.2, 0.25) is 0 Å². The van der Waals surface area contributed by atoms with Crippen LogP contribution in [0.5, 0.6) is 0 Å². The van der Waals surface area contributed by atoms with Crippen molar-refractivity contribution in [1.29, 1.82) is 0 Å². The van der Waals surface area contributed by atoms with E-state index in [9.17, 15) is 4.79 Å². The molecule has 20 heavy (non-hydrogen) atoms. The topological polar surface area (TPSA) is 71.7 Å². The van der Waals surface area contributed by atoms with Gasteiger partial charge in [-0.25, -0.2) is 4.98 Å². The summed E-state index contributed by atoms with van der Waals surface area (Å²) in [4.78, 5) is 19.6. The fourth-order valence-electron chi connectivity index (χ4n) is 2.38. The Morgan fingerprint density at radius 1 is 1.70 bits per heavy atom. The molecule has 0 bridgehead atoms. The van der Waals surface area contributed by atoms with E-state index in [0.717, 1.165) is 43.5 Å². The summed E-state index contributed by atoms with van der Waals surface area (Å²) < 4.78 is 5.75. The van der Waals surface area contributed by atoms with Crippen molar-refractivity contribution in [2.45, 2.75) is 19.6 Å². The maximum atomic E-state index is 10.9. The van der Waals surface area contributed by atoms with Crippen LogP contribution in [0.4, 0.5) is 0 Å².